The van der Waals surface area contributed by atoms with Crippen molar-refractivity contribution in [2.75, 3.05) is 13.7 Å². The third-order valence-electron chi connectivity index (χ3n) is 3.39. The largest absolute Gasteiger partial charge is 0.493 e. The highest BCUT2D eigenvalue weighted by molar-refractivity contribution is 5.75. The molecule has 0 aliphatic rings. The van der Waals surface area contributed by atoms with Gasteiger partial charge in [0.15, 0.2) is 0 Å². The van der Waals surface area contributed by atoms with Crippen LogP contribution in [0.4, 0.5) is 0 Å². The highest BCUT2D eigenvalue weighted by Gasteiger charge is 2.13. The number of esters is 1. The number of carbonyl (C=O) groups is 1. The first kappa shape index (κ1) is 16.0. The molecule has 1 atom stereocenters. The van der Waals surface area contributed by atoms with Crippen molar-refractivity contribution in [1.82, 2.24) is 0 Å². The van der Waals surface area contributed by atoms with Crippen LogP contribution in [-0.4, -0.2) is 25.7 Å². The van der Waals surface area contributed by atoms with Crippen molar-refractivity contribution >= 4 is 5.97 Å². The fourth-order valence-electron chi connectivity index (χ4n) is 2.14. The zero-order valence-electron chi connectivity index (χ0n) is 12.7. The molecule has 0 spiro atoms. The van der Waals surface area contributed by atoms with Gasteiger partial charge in [-0.2, -0.15) is 0 Å². The number of hydrogen-bond donors (Lipinski definition) is 1. The predicted octanol–water partition coefficient (Wildman–Crippen LogP) is 2.35. The van der Waals surface area contributed by atoms with Crippen molar-refractivity contribution in [3.63, 3.8) is 0 Å². The van der Waals surface area contributed by atoms with Crippen LogP contribution in [-0.2, 0) is 22.4 Å². The second-order valence-corrected chi connectivity index (χ2v) is 5.06. The molecular formula is C18H21NO3. The Morgan fingerprint density at radius 1 is 1.05 bits per heavy atom. The average molecular weight is 299 g/mol. The molecule has 0 radical (unpaired) electrons. The molecule has 2 rings (SSSR count). The minimum absolute atomic E-state index is 0.400. The van der Waals surface area contributed by atoms with Crippen LogP contribution in [0.15, 0.2) is 54.6 Å². The van der Waals surface area contributed by atoms with Gasteiger partial charge in [0.05, 0.1) is 13.7 Å². The summed E-state index contributed by atoms with van der Waals surface area (Å²) in [6, 6.07) is 17.2. The molecule has 0 saturated heterocycles. The minimum atomic E-state index is -0.630. The van der Waals surface area contributed by atoms with Gasteiger partial charge >= 0.3 is 5.97 Å². The molecular weight excluding hydrogens is 278 g/mol. The Labute approximate surface area is 130 Å². The predicted molar refractivity (Wildman–Crippen MR) is 85.8 cm³/mol. The van der Waals surface area contributed by atoms with E-state index in [4.69, 9.17) is 10.5 Å². The summed E-state index contributed by atoms with van der Waals surface area (Å²) in [5, 5.41) is 0. The standard InChI is InChI=1S/C18H21NO3/c1-21-18(20)17(19)13-15-7-9-16(10-8-15)22-12-11-14-5-3-2-4-6-14/h2-10,17H,11-13,19H2,1H3/t17-/m0/s1. The Morgan fingerprint density at radius 3 is 2.36 bits per heavy atom. The summed E-state index contributed by atoms with van der Waals surface area (Å²) in [5.41, 5.74) is 7.97. The van der Waals surface area contributed by atoms with Crippen molar-refractivity contribution in [2.24, 2.45) is 5.73 Å². The maximum Gasteiger partial charge on any atom is 0.322 e. The molecule has 22 heavy (non-hydrogen) atoms. The fraction of sp³-hybridized carbons (Fsp3) is 0.278. The molecule has 0 aliphatic carbocycles. The Hall–Kier alpha value is -2.33. The summed E-state index contributed by atoms with van der Waals surface area (Å²) in [5.74, 6) is 0.412. The quantitative estimate of drug-likeness (QED) is 0.797. The van der Waals surface area contributed by atoms with Gasteiger partial charge in [0.2, 0.25) is 0 Å². The van der Waals surface area contributed by atoms with E-state index in [0.29, 0.717) is 13.0 Å². The zero-order valence-corrected chi connectivity index (χ0v) is 12.7. The molecule has 2 aromatic carbocycles. The number of rotatable bonds is 7. The first-order valence-electron chi connectivity index (χ1n) is 7.28. The van der Waals surface area contributed by atoms with Crippen LogP contribution in [0.2, 0.25) is 0 Å². The fourth-order valence-corrected chi connectivity index (χ4v) is 2.14. The third-order valence-corrected chi connectivity index (χ3v) is 3.39. The molecule has 4 nitrogen and oxygen atoms in total. The van der Waals surface area contributed by atoms with Crippen molar-refractivity contribution in [1.29, 1.82) is 0 Å². The van der Waals surface area contributed by atoms with E-state index in [9.17, 15) is 4.79 Å². The Bertz CT molecular complexity index is 581. The molecule has 0 saturated carbocycles. The second kappa shape index (κ2) is 8.20. The van der Waals surface area contributed by atoms with Gasteiger partial charge in [-0.05, 0) is 29.7 Å². The first-order valence-corrected chi connectivity index (χ1v) is 7.28. The van der Waals surface area contributed by atoms with Gasteiger partial charge in [0, 0.05) is 6.42 Å². The van der Waals surface area contributed by atoms with Crippen molar-refractivity contribution < 1.29 is 14.3 Å². The molecule has 116 valence electrons. The van der Waals surface area contributed by atoms with Gasteiger partial charge < -0.3 is 15.2 Å². The monoisotopic (exact) mass is 299 g/mol. The maximum absolute atomic E-state index is 11.3. The number of ether oxygens (including phenoxy) is 2. The second-order valence-electron chi connectivity index (χ2n) is 5.06. The van der Waals surface area contributed by atoms with Crippen LogP contribution in [0.1, 0.15) is 11.1 Å². The topological polar surface area (TPSA) is 61.5 Å². The lowest BCUT2D eigenvalue weighted by Gasteiger charge is -2.10. The van der Waals surface area contributed by atoms with Gasteiger partial charge in [-0.3, -0.25) is 4.79 Å². The minimum Gasteiger partial charge on any atom is -0.493 e. The zero-order chi connectivity index (χ0) is 15.8. The van der Waals surface area contributed by atoms with E-state index < -0.39 is 12.0 Å². The van der Waals surface area contributed by atoms with Crippen molar-refractivity contribution in [3.05, 3.63) is 65.7 Å². The molecule has 0 fully saturated rings. The number of carbonyl (C=O) groups excluding carboxylic acids is 1. The molecule has 0 unspecified atom stereocenters. The molecule has 0 amide bonds. The third kappa shape index (κ3) is 4.90. The molecule has 0 heterocycles. The van der Waals surface area contributed by atoms with Gasteiger partial charge in [-0.1, -0.05) is 42.5 Å². The van der Waals surface area contributed by atoms with E-state index in [1.54, 1.807) is 0 Å². The molecule has 0 bridgehead atoms. The summed E-state index contributed by atoms with van der Waals surface area (Å²) in [4.78, 5) is 11.3. The van der Waals surface area contributed by atoms with Crippen LogP contribution in [0, 0.1) is 0 Å². The van der Waals surface area contributed by atoms with Crippen LogP contribution < -0.4 is 10.5 Å². The van der Waals surface area contributed by atoms with E-state index in [1.807, 2.05) is 42.5 Å². The van der Waals surface area contributed by atoms with E-state index in [2.05, 4.69) is 16.9 Å². The number of hydrogen-bond acceptors (Lipinski definition) is 4. The number of benzene rings is 2. The Morgan fingerprint density at radius 2 is 1.73 bits per heavy atom. The summed E-state index contributed by atoms with van der Waals surface area (Å²) >= 11 is 0. The van der Waals surface area contributed by atoms with Gasteiger partial charge in [0.25, 0.3) is 0 Å². The smallest absolute Gasteiger partial charge is 0.322 e. The lowest BCUT2D eigenvalue weighted by molar-refractivity contribution is -0.142. The SMILES string of the molecule is COC(=O)[C@@H](N)Cc1ccc(OCCc2ccccc2)cc1. The van der Waals surface area contributed by atoms with E-state index in [0.717, 1.165) is 17.7 Å². The van der Waals surface area contributed by atoms with Crippen LogP contribution in [0.3, 0.4) is 0 Å². The van der Waals surface area contributed by atoms with Gasteiger partial charge in [-0.15, -0.1) is 0 Å². The molecule has 2 aromatic rings. The Kier molecular flexibility index (Phi) is 5.98. The summed E-state index contributed by atoms with van der Waals surface area (Å²) in [6.45, 7) is 0.630. The molecule has 0 aliphatic heterocycles. The summed E-state index contributed by atoms with van der Waals surface area (Å²) in [6.07, 6.45) is 1.33. The lowest BCUT2D eigenvalue weighted by atomic mass is 10.1. The number of nitrogens with two attached hydrogens (primary N) is 1. The average Bonchev–Trinajstić information content (AvgIpc) is 2.56. The van der Waals surface area contributed by atoms with E-state index in [-0.39, 0.29) is 0 Å². The van der Waals surface area contributed by atoms with Gasteiger partial charge in [-0.25, -0.2) is 0 Å². The Balaban J connectivity index is 1.80. The van der Waals surface area contributed by atoms with E-state index in [1.165, 1.54) is 12.7 Å². The summed E-state index contributed by atoms with van der Waals surface area (Å²) in [7, 11) is 1.34. The maximum atomic E-state index is 11.3. The van der Waals surface area contributed by atoms with Crippen LogP contribution in [0.5, 0.6) is 5.75 Å². The number of methoxy groups -OCH3 is 1. The van der Waals surface area contributed by atoms with Crippen molar-refractivity contribution in [3.8, 4) is 5.75 Å². The molecule has 0 aromatic heterocycles. The van der Waals surface area contributed by atoms with E-state index >= 15 is 0 Å². The van der Waals surface area contributed by atoms with Crippen molar-refractivity contribution in [2.45, 2.75) is 18.9 Å². The van der Waals surface area contributed by atoms with Crippen LogP contribution in [0.25, 0.3) is 0 Å². The highest BCUT2D eigenvalue weighted by atomic mass is 16.5. The van der Waals surface area contributed by atoms with Gasteiger partial charge in [0.1, 0.15) is 11.8 Å². The molecule has 4 heteroatoms. The first-order chi connectivity index (χ1) is 10.7. The normalized spacial score (nSPS) is 11.7. The molecule has 2 N–H and O–H groups in total. The highest BCUT2D eigenvalue weighted by Crippen LogP contribution is 2.14. The summed E-state index contributed by atoms with van der Waals surface area (Å²) < 4.78 is 10.3. The lowest BCUT2D eigenvalue weighted by Crippen LogP contribution is -2.33. The van der Waals surface area contributed by atoms with Crippen LogP contribution >= 0.6 is 0 Å².